The van der Waals surface area contributed by atoms with Crippen molar-refractivity contribution in [2.75, 3.05) is 45.4 Å². The number of aromatic nitrogens is 1. The summed E-state index contributed by atoms with van der Waals surface area (Å²) < 4.78 is 16.4. The molecule has 0 saturated carbocycles. The Balaban J connectivity index is 1.66. The zero-order valence-corrected chi connectivity index (χ0v) is 18.9. The predicted octanol–water partition coefficient (Wildman–Crippen LogP) is 2.83. The van der Waals surface area contributed by atoms with E-state index in [1.807, 2.05) is 37.3 Å². The number of benzene rings is 1. The van der Waals surface area contributed by atoms with Crippen LogP contribution >= 0.6 is 0 Å². The topological polar surface area (TPSA) is 80.2 Å². The molecule has 3 rings (SSSR count). The van der Waals surface area contributed by atoms with Crippen molar-refractivity contribution in [3.63, 3.8) is 0 Å². The summed E-state index contributed by atoms with van der Waals surface area (Å²) in [5.74, 6) is 3.02. The molecule has 8 nitrogen and oxygen atoms in total. The summed E-state index contributed by atoms with van der Waals surface area (Å²) in [5.41, 5.74) is 2.07. The van der Waals surface area contributed by atoms with Gasteiger partial charge in [0, 0.05) is 61.3 Å². The predicted molar refractivity (Wildman–Crippen MR) is 124 cm³/mol. The van der Waals surface area contributed by atoms with Crippen molar-refractivity contribution in [2.24, 2.45) is 4.99 Å². The molecule has 2 aromatic rings. The second-order valence-corrected chi connectivity index (χ2v) is 7.24. The third-order valence-corrected chi connectivity index (χ3v) is 5.11. The van der Waals surface area contributed by atoms with E-state index in [9.17, 15) is 0 Å². The number of nitrogens with one attached hydrogen (secondary N) is 2. The first-order chi connectivity index (χ1) is 15.2. The monoisotopic (exact) mass is 427 g/mol. The fraction of sp³-hybridized carbons (Fsp3) is 0.478. The van der Waals surface area contributed by atoms with Crippen molar-refractivity contribution in [3.05, 3.63) is 42.1 Å². The maximum absolute atomic E-state index is 5.62. The highest BCUT2D eigenvalue weighted by atomic mass is 16.5. The molecule has 1 aromatic carbocycles. The lowest BCUT2D eigenvalue weighted by atomic mass is 10.2. The van der Waals surface area contributed by atoms with E-state index in [0.29, 0.717) is 19.0 Å². The van der Waals surface area contributed by atoms with Gasteiger partial charge in [-0.05, 0) is 26.3 Å². The third-order valence-electron chi connectivity index (χ3n) is 5.11. The van der Waals surface area contributed by atoms with Crippen molar-refractivity contribution < 1.29 is 14.2 Å². The molecule has 1 unspecified atom stereocenters. The SMILES string of the molecule is CCNC(=NCc1cccnc1OCC)NC1CCN(c2cc(OC)cc(OC)c2)C1. The van der Waals surface area contributed by atoms with Gasteiger partial charge in [-0.2, -0.15) is 0 Å². The highest BCUT2D eigenvalue weighted by Crippen LogP contribution is 2.30. The number of hydrogen-bond donors (Lipinski definition) is 2. The van der Waals surface area contributed by atoms with E-state index in [-0.39, 0.29) is 6.04 Å². The van der Waals surface area contributed by atoms with Crippen LogP contribution in [-0.4, -0.2) is 57.4 Å². The van der Waals surface area contributed by atoms with E-state index >= 15 is 0 Å². The zero-order chi connectivity index (χ0) is 22.1. The van der Waals surface area contributed by atoms with Gasteiger partial charge in [0.2, 0.25) is 5.88 Å². The normalized spacial score (nSPS) is 16.2. The number of pyridine rings is 1. The highest BCUT2D eigenvalue weighted by Gasteiger charge is 2.24. The number of guanidine groups is 1. The lowest BCUT2D eigenvalue weighted by Gasteiger charge is -2.21. The van der Waals surface area contributed by atoms with Crippen LogP contribution in [0.25, 0.3) is 0 Å². The third kappa shape index (κ3) is 6.16. The van der Waals surface area contributed by atoms with Gasteiger partial charge in [0.05, 0.1) is 27.4 Å². The molecule has 1 atom stereocenters. The molecule has 0 radical (unpaired) electrons. The number of anilines is 1. The number of rotatable bonds is 9. The Morgan fingerprint density at radius 3 is 2.65 bits per heavy atom. The Labute approximate surface area is 184 Å². The Morgan fingerprint density at radius 1 is 1.19 bits per heavy atom. The molecule has 1 aliphatic heterocycles. The van der Waals surface area contributed by atoms with Gasteiger partial charge >= 0.3 is 0 Å². The highest BCUT2D eigenvalue weighted by molar-refractivity contribution is 5.80. The minimum atomic E-state index is 0.287. The molecule has 1 fully saturated rings. The van der Waals surface area contributed by atoms with E-state index in [1.54, 1.807) is 20.4 Å². The summed E-state index contributed by atoms with van der Waals surface area (Å²) >= 11 is 0. The van der Waals surface area contributed by atoms with E-state index < -0.39 is 0 Å². The van der Waals surface area contributed by atoms with Crippen LogP contribution in [0.3, 0.4) is 0 Å². The Morgan fingerprint density at radius 2 is 1.97 bits per heavy atom. The Hall–Kier alpha value is -3.16. The summed E-state index contributed by atoms with van der Waals surface area (Å²) in [6, 6.07) is 10.2. The van der Waals surface area contributed by atoms with Crippen LogP contribution in [-0.2, 0) is 6.54 Å². The lowest BCUT2D eigenvalue weighted by Crippen LogP contribution is -2.44. The van der Waals surface area contributed by atoms with Gasteiger partial charge in [0.25, 0.3) is 0 Å². The van der Waals surface area contributed by atoms with E-state index in [1.165, 1.54) is 0 Å². The summed E-state index contributed by atoms with van der Waals surface area (Å²) in [5, 5.41) is 6.91. The fourth-order valence-electron chi connectivity index (χ4n) is 3.58. The van der Waals surface area contributed by atoms with Crippen LogP contribution in [0.5, 0.6) is 17.4 Å². The van der Waals surface area contributed by atoms with Gasteiger partial charge in [-0.15, -0.1) is 0 Å². The standard InChI is InChI=1S/C23H33N5O3/c1-5-24-23(26-15-17-8-7-10-25-22(17)31-6-2)27-18-9-11-28(16-18)19-12-20(29-3)14-21(13-19)30-4/h7-8,10,12-14,18H,5-6,9,11,15-16H2,1-4H3,(H2,24,26,27). The largest absolute Gasteiger partial charge is 0.497 e. The molecule has 0 spiro atoms. The number of ether oxygens (including phenoxy) is 3. The molecule has 1 aromatic heterocycles. The molecule has 0 amide bonds. The first kappa shape index (κ1) is 22.5. The molecule has 0 bridgehead atoms. The second kappa shape index (κ2) is 11.3. The first-order valence-corrected chi connectivity index (χ1v) is 10.8. The first-order valence-electron chi connectivity index (χ1n) is 10.8. The van der Waals surface area contributed by atoms with Crippen LogP contribution in [0.1, 0.15) is 25.8 Å². The maximum atomic E-state index is 5.62. The number of aliphatic imine (C=N–C) groups is 1. The van der Waals surface area contributed by atoms with Crippen molar-refractivity contribution in [1.29, 1.82) is 0 Å². The van der Waals surface area contributed by atoms with Crippen LogP contribution < -0.4 is 29.7 Å². The van der Waals surface area contributed by atoms with E-state index in [2.05, 4.69) is 27.4 Å². The van der Waals surface area contributed by atoms with Crippen LogP contribution in [0.2, 0.25) is 0 Å². The van der Waals surface area contributed by atoms with Gasteiger partial charge in [0.1, 0.15) is 11.5 Å². The molecule has 1 aliphatic rings. The van der Waals surface area contributed by atoms with Gasteiger partial charge < -0.3 is 29.7 Å². The van der Waals surface area contributed by atoms with Crippen molar-refractivity contribution in [1.82, 2.24) is 15.6 Å². The Kier molecular flexibility index (Phi) is 8.20. The van der Waals surface area contributed by atoms with Gasteiger partial charge in [-0.25, -0.2) is 9.98 Å². The maximum Gasteiger partial charge on any atom is 0.218 e. The summed E-state index contributed by atoms with van der Waals surface area (Å²) in [6.45, 7) is 7.72. The van der Waals surface area contributed by atoms with Crippen LogP contribution in [0.4, 0.5) is 5.69 Å². The summed E-state index contributed by atoms with van der Waals surface area (Å²) in [7, 11) is 3.34. The molecule has 0 aliphatic carbocycles. The van der Waals surface area contributed by atoms with Gasteiger partial charge in [-0.3, -0.25) is 0 Å². The smallest absolute Gasteiger partial charge is 0.218 e. The summed E-state index contributed by atoms with van der Waals surface area (Å²) in [6.07, 6.45) is 2.75. The molecule has 31 heavy (non-hydrogen) atoms. The molecular weight excluding hydrogens is 394 g/mol. The minimum absolute atomic E-state index is 0.287. The Bertz CT molecular complexity index is 852. The average molecular weight is 428 g/mol. The molecule has 8 heteroatoms. The van der Waals surface area contributed by atoms with Gasteiger partial charge in [-0.1, -0.05) is 6.07 Å². The van der Waals surface area contributed by atoms with E-state index in [4.69, 9.17) is 19.2 Å². The van der Waals surface area contributed by atoms with Gasteiger partial charge in [0.15, 0.2) is 5.96 Å². The number of methoxy groups -OCH3 is 2. The molecular formula is C23H33N5O3. The van der Waals surface area contributed by atoms with Crippen LogP contribution in [0, 0.1) is 0 Å². The lowest BCUT2D eigenvalue weighted by molar-refractivity contribution is 0.323. The molecule has 2 N–H and O–H groups in total. The fourth-order valence-corrected chi connectivity index (χ4v) is 3.58. The summed E-state index contributed by atoms with van der Waals surface area (Å²) in [4.78, 5) is 11.4. The molecule has 2 heterocycles. The van der Waals surface area contributed by atoms with Crippen molar-refractivity contribution >= 4 is 11.6 Å². The van der Waals surface area contributed by atoms with Crippen molar-refractivity contribution in [3.8, 4) is 17.4 Å². The van der Waals surface area contributed by atoms with Crippen molar-refractivity contribution in [2.45, 2.75) is 32.9 Å². The zero-order valence-electron chi connectivity index (χ0n) is 18.9. The molecule has 1 saturated heterocycles. The molecule has 168 valence electrons. The number of nitrogens with zero attached hydrogens (tertiary/aromatic N) is 3. The minimum Gasteiger partial charge on any atom is -0.497 e. The average Bonchev–Trinajstić information content (AvgIpc) is 3.27. The number of hydrogen-bond acceptors (Lipinski definition) is 6. The van der Waals surface area contributed by atoms with E-state index in [0.717, 1.165) is 54.8 Å². The second-order valence-electron chi connectivity index (χ2n) is 7.24. The van der Waals surface area contributed by atoms with Crippen LogP contribution in [0.15, 0.2) is 41.5 Å². The quantitative estimate of drug-likeness (QED) is 0.470.